The van der Waals surface area contributed by atoms with E-state index in [2.05, 4.69) is 36.4 Å². The molecule has 0 aliphatic carbocycles. The highest BCUT2D eigenvalue weighted by atomic mass is 32.2. The van der Waals surface area contributed by atoms with Gasteiger partial charge in [-0.3, -0.25) is 5.41 Å². The van der Waals surface area contributed by atoms with Crippen molar-refractivity contribution in [1.82, 2.24) is 0 Å². The Morgan fingerprint density at radius 1 is 0.833 bits per heavy atom. The van der Waals surface area contributed by atoms with Gasteiger partial charge in [0, 0.05) is 5.75 Å². The molecule has 0 aliphatic heterocycles. The fourth-order valence-corrected chi connectivity index (χ4v) is 2.50. The largest absolute Gasteiger partial charge is 0.298 e. The molecule has 0 bridgehead atoms. The summed E-state index contributed by atoms with van der Waals surface area (Å²) in [6, 6.07) is 20.7. The van der Waals surface area contributed by atoms with Crippen molar-refractivity contribution in [3.05, 3.63) is 71.8 Å². The Bertz CT molecular complexity index is 433. The summed E-state index contributed by atoms with van der Waals surface area (Å²) in [5.74, 6) is 0.897. The fourth-order valence-electron chi connectivity index (χ4n) is 1.72. The molecule has 2 aromatic rings. The van der Waals surface area contributed by atoms with E-state index in [1.165, 1.54) is 11.1 Å². The van der Waals surface area contributed by atoms with E-state index in [9.17, 15) is 0 Å². The molecule has 2 rings (SSSR count). The number of nitrogens with one attached hydrogen (secondary N) is 1. The van der Waals surface area contributed by atoms with Gasteiger partial charge in [-0.25, -0.2) is 0 Å². The second-order valence-corrected chi connectivity index (χ2v) is 5.25. The Morgan fingerprint density at radius 2 is 1.39 bits per heavy atom. The molecule has 0 fully saturated rings. The number of hydrogen-bond donors (Lipinski definition) is 1. The summed E-state index contributed by atoms with van der Waals surface area (Å²) < 4.78 is 0. The molecule has 0 saturated heterocycles. The van der Waals surface area contributed by atoms with Crippen molar-refractivity contribution in [2.24, 2.45) is 0 Å². The molecule has 1 nitrogen and oxygen atoms in total. The normalized spacial score (nSPS) is 10.2. The summed E-state index contributed by atoms with van der Waals surface area (Å²) in [4.78, 5) is 0. The van der Waals surface area contributed by atoms with Crippen LogP contribution in [0.25, 0.3) is 0 Å². The first kappa shape index (κ1) is 12.9. The van der Waals surface area contributed by atoms with Crippen LogP contribution in [0.1, 0.15) is 17.5 Å². The van der Waals surface area contributed by atoms with Gasteiger partial charge >= 0.3 is 0 Å². The minimum atomic E-state index is 0.766. The SMILES string of the molecule is N=C(CCc1ccccc1)SCc1ccccc1. The molecule has 2 heteroatoms. The summed E-state index contributed by atoms with van der Waals surface area (Å²) in [7, 11) is 0. The maximum Gasteiger partial charge on any atom is 0.0648 e. The fraction of sp³-hybridized carbons (Fsp3) is 0.188. The lowest BCUT2D eigenvalue weighted by molar-refractivity contribution is 1.04. The number of benzene rings is 2. The quantitative estimate of drug-likeness (QED) is 0.616. The van der Waals surface area contributed by atoms with Crippen LogP contribution in [-0.4, -0.2) is 5.04 Å². The molecule has 0 aromatic heterocycles. The molecular weight excluding hydrogens is 238 g/mol. The van der Waals surface area contributed by atoms with E-state index in [0.717, 1.165) is 23.6 Å². The van der Waals surface area contributed by atoms with Gasteiger partial charge in [-0.2, -0.15) is 0 Å². The molecule has 2 aromatic carbocycles. The number of aryl methyl sites for hydroxylation is 1. The van der Waals surface area contributed by atoms with E-state index in [-0.39, 0.29) is 0 Å². The first-order chi connectivity index (χ1) is 8.84. The standard InChI is InChI=1S/C16H17NS/c17-16(12-11-14-7-3-1-4-8-14)18-13-15-9-5-2-6-10-15/h1-10,17H,11-13H2. The maximum absolute atomic E-state index is 7.95. The number of hydrogen-bond acceptors (Lipinski definition) is 2. The lowest BCUT2D eigenvalue weighted by atomic mass is 10.1. The third-order valence-electron chi connectivity index (χ3n) is 2.74. The summed E-state index contributed by atoms with van der Waals surface area (Å²) in [5.41, 5.74) is 2.59. The van der Waals surface area contributed by atoms with Crippen LogP contribution in [0.15, 0.2) is 60.7 Å². The molecule has 0 atom stereocenters. The van der Waals surface area contributed by atoms with Gasteiger partial charge in [-0.05, 0) is 24.0 Å². The van der Waals surface area contributed by atoms with Gasteiger partial charge in [-0.1, -0.05) is 60.7 Å². The van der Waals surface area contributed by atoms with Crippen LogP contribution >= 0.6 is 11.8 Å². The molecule has 0 unspecified atom stereocenters. The third kappa shape index (κ3) is 4.38. The van der Waals surface area contributed by atoms with E-state index in [4.69, 9.17) is 5.41 Å². The molecular formula is C16H17NS. The van der Waals surface area contributed by atoms with Crippen LogP contribution in [0.5, 0.6) is 0 Å². The molecule has 1 N–H and O–H groups in total. The van der Waals surface area contributed by atoms with Crippen LogP contribution in [0.4, 0.5) is 0 Å². The van der Waals surface area contributed by atoms with Crippen molar-refractivity contribution < 1.29 is 0 Å². The molecule has 0 radical (unpaired) electrons. The van der Waals surface area contributed by atoms with Gasteiger partial charge in [0.1, 0.15) is 0 Å². The molecule has 92 valence electrons. The van der Waals surface area contributed by atoms with E-state index in [1.54, 1.807) is 11.8 Å². The minimum absolute atomic E-state index is 0.766. The van der Waals surface area contributed by atoms with Gasteiger partial charge < -0.3 is 0 Å². The monoisotopic (exact) mass is 255 g/mol. The number of thioether (sulfide) groups is 1. The van der Waals surface area contributed by atoms with Crippen molar-refractivity contribution in [3.8, 4) is 0 Å². The van der Waals surface area contributed by atoms with Gasteiger partial charge in [-0.15, -0.1) is 11.8 Å². The first-order valence-electron chi connectivity index (χ1n) is 6.12. The molecule has 0 aliphatic rings. The van der Waals surface area contributed by atoms with Crippen molar-refractivity contribution in [2.45, 2.75) is 18.6 Å². The van der Waals surface area contributed by atoms with Crippen molar-refractivity contribution >= 4 is 16.8 Å². The van der Waals surface area contributed by atoms with Gasteiger partial charge in [0.2, 0.25) is 0 Å². The first-order valence-corrected chi connectivity index (χ1v) is 7.11. The second kappa shape index (κ2) is 7.02. The van der Waals surface area contributed by atoms with E-state index in [1.807, 2.05) is 24.3 Å². The molecule has 0 amide bonds. The average molecular weight is 255 g/mol. The minimum Gasteiger partial charge on any atom is -0.298 e. The van der Waals surface area contributed by atoms with E-state index < -0.39 is 0 Å². The summed E-state index contributed by atoms with van der Waals surface area (Å²) in [5, 5.41) is 8.72. The zero-order valence-electron chi connectivity index (χ0n) is 10.3. The molecule has 0 heterocycles. The molecule has 0 spiro atoms. The Hall–Kier alpha value is -1.54. The van der Waals surface area contributed by atoms with Crippen LogP contribution < -0.4 is 0 Å². The van der Waals surface area contributed by atoms with Crippen LogP contribution in [0, 0.1) is 5.41 Å². The van der Waals surface area contributed by atoms with Gasteiger partial charge in [0.15, 0.2) is 0 Å². The highest BCUT2D eigenvalue weighted by Crippen LogP contribution is 2.16. The number of rotatable bonds is 5. The average Bonchev–Trinajstić information content (AvgIpc) is 2.45. The Balaban J connectivity index is 1.73. The second-order valence-electron chi connectivity index (χ2n) is 4.18. The predicted molar refractivity (Wildman–Crippen MR) is 80.2 cm³/mol. The summed E-state index contributed by atoms with van der Waals surface area (Å²) in [6.45, 7) is 0. The lowest BCUT2D eigenvalue weighted by Crippen LogP contribution is -1.95. The highest BCUT2D eigenvalue weighted by molar-refractivity contribution is 8.13. The van der Waals surface area contributed by atoms with E-state index >= 15 is 0 Å². The van der Waals surface area contributed by atoms with Crippen LogP contribution in [0.3, 0.4) is 0 Å². The zero-order chi connectivity index (χ0) is 12.6. The lowest BCUT2D eigenvalue weighted by Gasteiger charge is -2.04. The topological polar surface area (TPSA) is 23.9 Å². The Kier molecular flexibility index (Phi) is 5.03. The van der Waals surface area contributed by atoms with Crippen LogP contribution in [-0.2, 0) is 12.2 Å². The smallest absolute Gasteiger partial charge is 0.0648 e. The van der Waals surface area contributed by atoms with Gasteiger partial charge in [0.25, 0.3) is 0 Å². The van der Waals surface area contributed by atoms with E-state index in [0.29, 0.717) is 0 Å². The molecule has 18 heavy (non-hydrogen) atoms. The maximum atomic E-state index is 7.95. The molecule has 0 saturated carbocycles. The zero-order valence-corrected chi connectivity index (χ0v) is 11.1. The van der Waals surface area contributed by atoms with Crippen molar-refractivity contribution in [2.75, 3.05) is 0 Å². The van der Waals surface area contributed by atoms with Gasteiger partial charge in [0.05, 0.1) is 5.04 Å². The highest BCUT2D eigenvalue weighted by Gasteiger charge is 2.00. The van der Waals surface area contributed by atoms with Crippen LogP contribution in [0.2, 0.25) is 0 Å². The third-order valence-corrected chi connectivity index (χ3v) is 3.77. The summed E-state index contributed by atoms with van der Waals surface area (Å²) in [6.07, 6.45) is 1.79. The Morgan fingerprint density at radius 3 is 2.00 bits per heavy atom. The summed E-state index contributed by atoms with van der Waals surface area (Å²) >= 11 is 1.63. The van der Waals surface area contributed by atoms with Crippen molar-refractivity contribution in [3.63, 3.8) is 0 Å². The Labute approximate surface area is 113 Å². The predicted octanol–water partition coefficient (Wildman–Crippen LogP) is 4.53. The van der Waals surface area contributed by atoms with Crippen molar-refractivity contribution in [1.29, 1.82) is 5.41 Å².